The maximum Gasteiger partial charge on any atom is 0.132 e. The second-order valence-corrected chi connectivity index (χ2v) is 6.36. The highest BCUT2D eigenvalue weighted by Gasteiger charge is 1.99. The van der Waals surface area contributed by atoms with Crippen molar-refractivity contribution >= 4 is 11.6 Å². The van der Waals surface area contributed by atoms with Crippen LogP contribution in [0.15, 0.2) is 73.6 Å². The average Bonchev–Trinajstić information content (AvgIpc) is 3.40. The van der Waals surface area contributed by atoms with Crippen LogP contribution in [0.3, 0.4) is 0 Å². The number of nitrogens with one attached hydrogen (secondary N) is 2. The lowest BCUT2D eigenvalue weighted by atomic mass is 10.2. The van der Waals surface area contributed by atoms with Crippen molar-refractivity contribution in [2.45, 2.75) is 20.1 Å². The highest BCUT2D eigenvalue weighted by molar-refractivity contribution is 6.30. The number of ether oxygens (including phenoxy) is 2. The lowest BCUT2D eigenvalue weighted by molar-refractivity contribution is 0.300. The van der Waals surface area contributed by atoms with Crippen LogP contribution in [0.5, 0.6) is 11.5 Å². The molecule has 6 nitrogen and oxygen atoms in total. The number of nitrogens with zero attached hydrogens (tertiary/aromatic N) is 2. The van der Waals surface area contributed by atoms with Crippen LogP contribution in [0.1, 0.15) is 17.0 Å². The van der Waals surface area contributed by atoms with E-state index in [0.29, 0.717) is 18.2 Å². The molecule has 0 bridgehead atoms. The Morgan fingerprint density at radius 1 is 0.857 bits per heavy atom. The molecule has 2 N–H and O–H groups in total. The van der Waals surface area contributed by atoms with E-state index in [4.69, 9.17) is 21.1 Å². The Balaban J connectivity index is 0.000000161. The van der Waals surface area contributed by atoms with Crippen LogP contribution in [0, 0.1) is 6.92 Å². The van der Waals surface area contributed by atoms with E-state index in [1.807, 2.05) is 55.6 Å². The van der Waals surface area contributed by atoms with Crippen LogP contribution in [-0.2, 0) is 13.2 Å². The van der Waals surface area contributed by atoms with Crippen molar-refractivity contribution in [3.05, 3.63) is 95.6 Å². The lowest BCUT2D eigenvalue weighted by Gasteiger charge is -2.06. The lowest BCUT2D eigenvalue weighted by Crippen LogP contribution is -1.96. The molecule has 0 saturated carbocycles. The topological polar surface area (TPSA) is 75.8 Å². The van der Waals surface area contributed by atoms with Gasteiger partial charge in [0.25, 0.3) is 0 Å². The van der Waals surface area contributed by atoms with Gasteiger partial charge in [0.1, 0.15) is 24.7 Å². The number of H-pyrrole nitrogens is 2. The van der Waals surface area contributed by atoms with E-state index in [9.17, 15) is 0 Å². The van der Waals surface area contributed by atoms with Gasteiger partial charge in [-0.15, -0.1) is 0 Å². The molecule has 0 aliphatic carbocycles. The molecular formula is C21H21ClN4O2. The summed E-state index contributed by atoms with van der Waals surface area (Å²) in [5, 5.41) is 0.671. The van der Waals surface area contributed by atoms with Crippen LogP contribution >= 0.6 is 11.6 Å². The van der Waals surface area contributed by atoms with Gasteiger partial charge in [-0.1, -0.05) is 35.9 Å². The molecule has 28 heavy (non-hydrogen) atoms. The molecule has 2 aromatic heterocycles. The molecule has 0 aliphatic heterocycles. The van der Waals surface area contributed by atoms with E-state index >= 15 is 0 Å². The van der Waals surface area contributed by atoms with E-state index in [2.05, 4.69) is 19.9 Å². The van der Waals surface area contributed by atoms with Gasteiger partial charge in [0.05, 0.1) is 24.0 Å². The van der Waals surface area contributed by atoms with Gasteiger partial charge >= 0.3 is 0 Å². The minimum Gasteiger partial charge on any atom is -0.487 e. The van der Waals surface area contributed by atoms with Gasteiger partial charge in [0, 0.05) is 17.4 Å². The van der Waals surface area contributed by atoms with Crippen LogP contribution < -0.4 is 9.47 Å². The number of aromatic nitrogens is 4. The molecule has 4 aromatic rings. The Bertz CT molecular complexity index is 956. The van der Waals surface area contributed by atoms with Crippen molar-refractivity contribution in [2.75, 3.05) is 0 Å². The Hall–Kier alpha value is -3.25. The third kappa shape index (κ3) is 6.17. The Morgan fingerprint density at radius 2 is 1.54 bits per heavy atom. The molecule has 0 aliphatic rings. The first-order valence-corrected chi connectivity index (χ1v) is 9.10. The Morgan fingerprint density at radius 3 is 2.14 bits per heavy atom. The fraction of sp³-hybridized carbons (Fsp3) is 0.143. The number of imidazole rings is 2. The summed E-state index contributed by atoms with van der Waals surface area (Å²) in [6, 6.07) is 15.2. The van der Waals surface area contributed by atoms with E-state index < -0.39 is 0 Å². The first kappa shape index (κ1) is 19.5. The SMILES string of the molecule is Cc1ccccc1OCc1c[nH]cn1.Clc1cccc(OCc2c[nH]cn2)c1. The predicted molar refractivity (Wildman–Crippen MR) is 108 cm³/mol. The number of rotatable bonds is 6. The number of aryl methyl sites for hydroxylation is 1. The summed E-state index contributed by atoms with van der Waals surface area (Å²) in [6.45, 7) is 2.98. The molecule has 2 heterocycles. The second kappa shape index (κ2) is 10.2. The molecule has 4 rings (SSSR count). The third-order valence-corrected chi connectivity index (χ3v) is 4.00. The van der Waals surface area contributed by atoms with Crippen molar-refractivity contribution in [1.29, 1.82) is 0 Å². The maximum absolute atomic E-state index is 5.80. The standard InChI is InChI=1S/C11H12N2O.C10H9ClN2O/c1-9-4-2-3-5-11(9)14-7-10-6-12-8-13-10;11-8-2-1-3-10(4-8)14-6-9-5-12-7-13-9/h2-6,8H,7H2,1H3,(H,12,13);1-5,7H,6H2,(H,12,13). The van der Waals surface area contributed by atoms with Gasteiger partial charge < -0.3 is 19.4 Å². The second-order valence-electron chi connectivity index (χ2n) is 5.92. The molecule has 0 spiro atoms. The minimum absolute atomic E-state index is 0.448. The van der Waals surface area contributed by atoms with Crippen molar-refractivity contribution in [3.8, 4) is 11.5 Å². The first-order chi connectivity index (χ1) is 13.7. The largest absolute Gasteiger partial charge is 0.487 e. The van der Waals surface area contributed by atoms with Gasteiger partial charge in [0.15, 0.2) is 0 Å². The summed E-state index contributed by atoms with van der Waals surface area (Å²) in [4.78, 5) is 13.9. The van der Waals surface area contributed by atoms with Gasteiger partial charge in [-0.25, -0.2) is 9.97 Å². The molecular weight excluding hydrogens is 376 g/mol. The number of aromatic amines is 2. The van der Waals surface area contributed by atoms with E-state index in [-0.39, 0.29) is 0 Å². The fourth-order valence-electron chi connectivity index (χ4n) is 2.32. The number of para-hydroxylation sites is 1. The van der Waals surface area contributed by atoms with E-state index in [1.54, 1.807) is 24.9 Å². The molecule has 7 heteroatoms. The molecule has 0 atom stereocenters. The van der Waals surface area contributed by atoms with Crippen molar-refractivity contribution < 1.29 is 9.47 Å². The number of benzene rings is 2. The van der Waals surface area contributed by atoms with Gasteiger partial charge in [-0.2, -0.15) is 0 Å². The van der Waals surface area contributed by atoms with Crippen molar-refractivity contribution in [3.63, 3.8) is 0 Å². The van der Waals surface area contributed by atoms with Crippen LogP contribution in [-0.4, -0.2) is 19.9 Å². The summed E-state index contributed by atoms with van der Waals surface area (Å²) < 4.78 is 11.1. The average molecular weight is 397 g/mol. The van der Waals surface area contributed by atoms with Gasteiger partial charge in [-0.05, 0) is 36.8 Å². The van der Waals surface area contributed by atoms with Gasteiger partial charge in [-0.3, -0.25) is 0 Å². The molecule has 2 aromatic carbocycles. The maximum atomic E-state index is 5.80. The van der Waals surface area contributed by atoms with E-state index in [0.717, 1.165) is 28.5 Å². The fourth-order valence-corrected chi connectivity index (χ4v) is 2.50. The van der Waals surface area contributed by atoms with Crippen LogP contribution in [0.25, 0.3) is 0 Å². The quantitative estimate of drug-likeness (QED) is 0.484. The summed E-state index contributed by atoms with van der Waals surface area (Å²) in [5.41, 5.74) is 2.92. The number of halogens is 1. The first-order valence-electron chi connectivity index (χ1n) is 8.73. The van der Waals surface area contributed by atoms with Crippen molar-refractivity contribution in [1.82, 2.24) is 19.9 Å². The molecule has 0 fully saturated rings. The predicted octanol–water partition coefficient (Wildman–Crippen LogP) is 4.94. The summed E-state index contributed by atoms with van der Waals surface area (Å²) >= 11 is 5.80. The highest BCUT2D eigenvalue weighted by atomic mass is 35.5. The monoisotopic (exact) mass is 396 g/mol. The molecule has 0 saturated heterocycles. The molecule has 0 radical (unpaired) electrons. The number of hydrogen-bond acceptors (Lipinski definition) is 4. The summed E-state index contributed by atoms with van der Waals surface area (Å²) in [6.07, 6.45) is 6.90. The molecule has 144 valence electrons. The Labute approximate surface area is 168 Å². The van der Waals surface area contributed by atoms with Crippen molar-refractivity contribution in [2.24, 2.45) is 0 Å². The van der Waals surface area contributed by atoms with Gasteiger partial charge in [0.2, 0.25) is 0 Å². The smallest absolute Gasteiger partial charge is 0.132 e. The highest BCUT2D eigenvalue weighted by Crippen LogP contribution is 2.18. The third-order valence-electron chi connectivity index (χ3n) is 3.76. The Kier molecular flexibility index (Phi) is 7.09. The summed E-state index contributed by atoms with van der Waals surface area (Å²) in [7, 11) is 0. The molecule has 0 amide bonds. The number of hydrogen-bond donors (Lipinski definition) is 2. The minimum atomic E-state index is 0.448. The normalized spacial score (nSPS) is 10.1. The molecule has 0 unspecified atom stereocenters. The summed E-state index contributed by atoms with van der Waals surface area (Å²) in [5.74, 6) is 1.66. The van der Waals surface area contributed by atoms with E-state index in [1.165, 1.54) is 0 Å². The zero-order valence-corrected chi connectivity index (χ0v) is 16.2. The zero-order chi connectivity index (χ0) is 19.6. The van der Waals surface area contributed by atoms with Crippen LogP contribution in [0.2, 0.25) is 5.02 Å². The zero-order valence-electron chi connectivity index (χ0n) is 15.4. The van der Waals surface area contributed by atoms with Crippen LogP contribution in [0.4, 0.5) is 0 Å².